The summed E-state index contributed by atoms with van der Waals surface area (Å²) >= 11 is 0. The van der Waals surface area contributed by atoms with Crippen molar-refractivity contribution in [2.75, 3.05) is 7.11 Å². The normalized spacial score (nSPS) is 30.4. The van der Waals surface area contributed by atoms with Gasteiger partial charge in [0.1, 0.15) is 28.6 Å². The van der Waals surface area contributed by atoms with Gasteiger partial charge < -0.3 is 36.0 Å². The van der Waals surface area contributed by atoms with Crippen molar-refractivity contribution in [1.82, 2.24) is 0 Å². The van der Waals surface area contributed by atoms with Crippen LogP contribution in [0.25, 0.3) is 10.8 Å². The Morgan fingerprint density at radius 2 is 1.82 bits per heavy atom. The van der Waals surface area contributed by atoms with Gasteiger partial charge in [0.05, 0.1) is 24.2 Å². The van der Waals surface area contributed by atoms with Crippen LogP contribution in [0, 0.1) is 11.3 Å². The van der Waals surface area contributed by atoms with Crippen molar-refractivity contribution in [3.8, 4) is 17.2 Å². The van der Waals surface area contributed by atoms with Gasteiger partial charge in [-0.2, -0.15) is 0 Å². The molecule has 0 heterocycles. The fraction of sp³-hybridized carbons (Fsp3) is 0.433. The van der Waals surface area contributed by atoms with Crippen molar-refractivity contribution in [2.45, 2.75) is 63.6 Å². The number of hydrogen-bond acceptors (Lipinski definition) is 9. The molecule has 4 aliphatic carbocycles. The highest BCUT2D eigenvalue weighted by molar-refractivity contribution is 6.23. The first-order valence-electron chi connectivity index (χ1n) is 13.2. The van der Waals surface area contributed by atoms with Gasteiger partial charge in [0, 0.05) is 34.8 Å². The molecule has 0 bridgehead atoms. The fourth-order valence-electron chi connectivity index (χ4n) is 8.10. The van der Waals surface area contributed by atoms with Gasteiger partial charge >= 0.3 is 0 Å². The quantitative estimate of drug-likeness (QED) is 0.242. The minimum atomic E-state index is -2.90. The molecule has 0 saturated heterocycles. The summed E-state index contributed by atoms with van der Waals surface area (Å²) in [4.78, 5) is 38.8. The third-order valence-electron chi connectivity index (χ3n) is 10.1. The maximum Gasteiger partial charge on any atom is 0.255 e. The smallest absolute Gasteiger partial charge is 0.255 e. The number of primary amides is 1. The molecule has 4 aliphatic rings. The number of rotatable bonds is 2. The van der Waals surface area contributed by atoms with Crippen molar-refractivity contribution in [2.24, 2.45) is 17.1 Å². The fourth-order valence-corrected chi connectivity index (χ4v) is 8.10. The third-order valence-corrected chi connectivity index (χ3v) is 10.1. The Kier molecular flexibility index (Phi) is 5.17. The summed E-state index contributed by atoms with van der Waals surface area (Å²) in [5, 5.41) is 57.3. The number of methoxy groups -OCH3 is 1. The van der Waals surface area contributed by atoms with E-state index >= 15 is 0 Å². The summed E-state index contributed by atoms with van der Waals surface area (Å²) < 4.78 is 5.76. The SMILES string of the molecule is COc1cc(O)c2c(O)c3c(c4c2c1[C@]1(C4)C(C)=CCCC1(C)C)[C@H](O)[C@@H]1CC(=O)C(C(N)=O)=C(O)[C@]1(O)C3=O. The number of ketones is 2. The van der Waals surface area contributed by atoms with Crippen LogP contribution in [0.15, 0.2) is 29.0 Å². The highest BCUT2D eigenvalue weighted by Crippen LogP contribution is 2.66. The van der Waals surface area contributed by atoms with E-state index in [9.17, 15) is 39.9 Å². The molecule has 1 spiro atoms. The number of benzene rings is 2. The molecule has 2 aromatic rings. The summed E-state index contributed by atoms with van der Waals surface area (Å²) in [7, 11) is 1.48. The number of nitrogens with two attached hydrogens (primary N) is 1. The molecule has 0 radical (unpaired) electrons. The minimum Gasteiger partial charge on any atom is -0.508 e. The average molecular weight is 550 g/mol. The van der Waals surface area contributed by atoms with Crippen LogP contribution >= 0.6 is 0 Å². The van der Waals surface area contributed by atoms with Gasteiger partial charge in [0.2, 0.25) is 5.78 Å². The Hall–Kier alpha value is -3.89. The summed E-state index contributed by atoms with van der Waals surface area (Å²) in [6.45, 7) is 6.24. The van der Waals surface area contributed by atoms with Gasteiger partial charge in [-0.15, -0.1) is 0 Å². The molecule has 1 amide bonds. The standard InChI is InChI=1S/C30H31NO9/c1-11-6-5-7-28(2,3)29(11)10-12-17-19(15(33)9-16(40-4)22(17)29)24(35)21-18(12)23(34)13-8-14(32)20(27(31)38)25(36)30(13,39)26(21)37/h6,9,13,23,33-36,39H,5,7-8,10H2,1-4H3,(H2,31,38)/t13-,23+,29-,30-/m0/s1. The van der Waals surface area contributed by atoms with Crippen molar-refractivity contribution in [1.29, 1.82) is 0 Å². The lowest BCUT2D eigenvalue weighted by atomic mass is 9.54. The number of hydrogen-bond donors (Lipinski definition) is 6. The second kappa shape index (κ2) is 7.86. The van der Waals surface area contributed by atoms with Crippen molar-refractivity contribution >= 4 is 28.2 Å². The van der Waals surface area contributed by atoms with Crippen molar-refractivity contribution in [3.63, 3.8) is 0 Å². The van der Waals surface area contributed by atoms with Gasteiger partial charge in [-0.05, 0) is 42.7 Å². The molecular formula is C30H31NO9. The molecule has 7 N–H and O–H groups in total. The molecule has 0 saturated carbocycles. The number of ether oxygens (including phenoxy) is 1. The van der Waals surface area contributed by atoms with Crippen LogP contribution in [0.4, 0.5) is 0 Å². The number of aliphatic hydroxyl groups is 3. The predicted molar refractivity (Wildman–Crippen MR) is 142 cm³/mol. The van der Waals surface area contributed by atoms with Gasteiger partial charge in [0.15, 0.2) is 11.4 Å². The molecule has 40 heavy (non-hydrogen) atoms. The lowest BCUT2D eigenvalue weighted by Gasteiger charge is -2.49. The second-order valence-electron chi connectivity index (χ2n) is 12.1. The van der Waals surface area contributed by atoms with E-state index in [1.54, 1.807) is 0 Å². The Morgan fingerprint density at radius 3 is 2.42 bits per heavy atom. The molecule has 0 aliphatic heterocycles. The van der Waals surface area contributed by atoms with Gasteiger partial charge in [-0.3, -0.25) is 14.4 Å². The van der Waals surface area contributed by atoms with Crippen LogP contribution in [0.3, 0.4) is 0 Å². The van der Waals surface area contributed by atoms with E-state index in [4.69, 9.17) is 10.5 Å². The van der Waals surface area contributed by atoms with Crippen LogP contribution in [0.2, 0.25) is 0 Å². The largest absolute Gasteiger partial charge is 0.508 e. The maximum absolute atomic E-state index is 14.1. The molecular weight excluding hydrogens is 518 g/mol. The van der Waals surface area contributed by atoms with E-state index in [1.165, 1.54) is 13.2 Å². The van der Waals surface area contributed by atoms with Crippen LogP contribution in [0.1, 0.15) is 73.2 Å². The number of phenolic OH excluding ortho intramolecular Hbond substituents is 2. The summed E-state index contributed by atoms with van der Waals surface area (Å²) in [5.41, 5.74) is 2.16. The summed E-state index contributed by atoms with van der Waals surface area (Å²) in [5.74, 6) is -6.94. The lowest BCUT2D eigenvalue weighted by molar-refractivity contribution is -0.129. The molecule has 0 unspecified atom stereocenters. The zero-order chi connectivity index (χ0) is 29.3. The number of amides is 1. The monoisotopic (exact) mass is 549 g/mol. The molecule has 0 aromatic heterocycles. The van der Waals surface area contributed by atoms with Crippen LogP contribution in [-0.2, 0) is 21.4 Å². The number of aromatic hydroxyl groups is 2. The van der Waals surface area contributed by atoms with E-state index in [-0.39, 0.29) is 28.5 Å². The van der Waals surface area contributed by atoms with Crippen LogP contribution in [-0.4, -0.2) is 55.7 Å². The predicted octanol–water partition coefficient (Wildman–Crippen LogP) is 2.67. The number of carbonyl (C=O) groups is 3. The van der Waals surface area contributed by atoms with E-state index in [2.05, 4.69) is 19.9 Å². The average Bonchev–Trinajstić information content (AvgIpc) is 3.23. The number of Topliss-reactive ketones (excluding diaryl/α,β-unsaturated/α-hetero) is 2. The topological polar surface area (TPSA) is 188 Å². The summed E-state index contributed by atoms with van der Waals surface area (Å²) in [6.07, 6.45) is 1.73. The Labute approximate surface area is 229 Å². The van der Waals surface area contributed by atoms with Crippen LogP contribution < -0.4 is 10.5 Å². The zero-order valence-electron chi connectivity index (χ0n) is 22.6. The highest BCUT2D eigenvalue weighted by atomic mass is 16.5. The molecule has 6 rings (SSSR count). The molecule has 2 aromatic carbocycles. The Bertz CT molecular complexity index is 1670. The number of phenols is 2. The summed E-state index contributed by atoms with van der Waals surface area (Å²) in [6, 6.07) is 1.38. The first-order valence-corrected chi connectivity index (χ1v) is 13.2. The Balaban J connectivity index is 1.77. The molecule has 10 heteroatoms. The molecule has 10 nitrogen and oxygen atoms in total. The molecule has 4 atom stereocenters. The van der Waals surface area contributed by atoms with Crippen molar-refractivity contribution in [3.05, 3.63) is 51.3 Å². The maximum atomic E-state index is 14.1. The highest BCUT2D eigenvalue weighted by Gasteiger charge is 2.63. The van der Waals surface area contributed by atoms with Gasteiger partial charge in [-0.25, -0.2) is 0 Å². The zero-order valence-corrected chi connectivity index (χ0v) is 22.6. The van der Waals surface area contributed by atoms with E-state index in [0.717, 1.165) is 18.4 Å². The van der Waals surface area contributed by atoms with Gasteiger partial charge in [-0.1, -0.05) is 25.5 Å². The third kappa shape index (κ3) is 2.73. The van der Waals surface area contributed by atoms with E-state index in [0.29, 0.717) is 22.3 Å². The van der Waals surface area contributed by atoms with E-state index < -0.39 is 69.6 Å². The minimum absolute atomic E-state index is 0.0211. The second-order valence-corrected chi connectivity index (χ2v) is 12.1. The Morgan fingerprint density at radius 1 is 1.15 bits per heavy atom. The van der Waals surface area contributed by atoms with Crippen LogP contribution in [0.5, 0.6) is 17.2 Å². The number of fused-ring (bicyclic) bond motifs is 4. The number of carbonyl (C=O) groups excluding carboxylic acids is 3. The lowest BCUT2D eigenvalue weighted by Crippen LogP contribution is -2.57. The van der Waals surface area contributed by atoms with Gasteiger partial charge in [0.25, 0.3) is 5.91 Å². The van der Waals surface area contributed by atoms with E-state index in [1.807, 2.05) is 6.92 Å². The number of allylic oxidation sites excluding steroid dienone is 2. The molecule has 210 valence electrons. The van der Waals surface area contributed by atoms with Crippen molar-refractivity contribution < 1.29 is 44.7 Å². The number of aliphatic hydroxyl groups excluding tert-OH is 2. The first kappa shape index (κ1) is 26.3. The first-order chi connectivity index (χ1) is 18.7. The molecule has 0 fully saturated rings.